The molecule has 21 heavy (non-hydrogen) atoms. The molecule has 0 aliphatic heterocycles. The van der Waals surface area contributed by atoms with Gasteiger partial charge in [-0.15, -0.1) is 10.2 Å². The first-order chi connectivity index (χ1) is 9.94. The SMILES string of the molecule is CCNCc1cc(S(=O)(=O)Nc2nncs2)c(Cl)cc1Cl. The first-order valence-electron chi connectivity index (χ1n) is 5.91. The molecule has 0 radical (unpaired) electrons. The number of benzene rings is 1. The van der Waals surface area contributed by atoms with E-state index in [1.807, 2.05) is 6.92 Å². The number of nitrogens with one attached hydrogen (secondary N) is 2. The van der Waals surface area contributed by atoms with Gasteiger partial charge in [-0.25, -0.2) is 8.42 Å². The smallest absolute Gasteiger partial charge is 0.265 e. The largest absolute Gasteiger partial charge is 0.313 e. The number of halogens is 2. The van der Waals surface area contributed by atoms with Crippen LogP contribution >= 0.6 is 34.5 Å². The molecule has 0 saturated heterocycles. The second-order valence-corrected chi connectivity index (χ2v) is 7.30. The molecule has 0 atom stereocenters. The van der Waals surface area contributed by atoms with Crippen molar-refractivity contribution in [1.82, 2.24) is 15.5 Å². The lowest BCUT2D eigenvalue weighted by molar-refractivity contribution is 0.601. The minimum absolute atomic E-state index is 0.0448. The number of nitrogens with zero attached hydrogens (tertiary/aromatic N) is 2. The van der Waals surface area contributed by atoms with E-state index in [9.17, 15) is 8.42 Å². The Bertz CT molecular complexity index is 720. The van der Waals surface area contributed by atoms with E-state index in [4.69, 9.17) is 23.2 Å². The first-order valence-corrected chi connectivity index (χ1v) is 9.03. The van der Waals surface area contributed by atoms with Crippen molar-refractivity contribution in [2.45, 2.75) is 18.4 Å². The molecule has 2 rings (SSSR count). The van der Waals surface area contributed by atoms with Gasteiger partial charge in [0, 0.05) is 11.6 Å². The lowest BCUT2D eigenvalue weighted by Crippen LogP contribution is -2.16. The summed E-state index contributed by atoms with van der Waals surface area (Å²) >= 11 is 13.2. The Labute approximate surface area is 136 Å². The third-order valence-corrected chi connectivity index (χ3v) is 5.43. The van der Waals surface area contributed by atoms with E-state index in [0.717, 1.165) is 17.9 Å². The fourth-order valence-electron chi connectivity index (χ4n) is 1.56. The van der Waals surface area contributed by atoms with E-state index < -0.39 is 10.0 Å². The Morgan fingerprint density at radius 1 is 1.29 bits per heavy atom. The number of rotatable bonds is 6. The van der Waals surface area contributed by atoms with E-state index >= 15 is 0 Å². The lowest BCUT2D eigenvalue weighted by atomic mass is 10.2. The van der Waals surface area contributed by atoms with Gasteiger partial charge in [0.15, 0.2) is 0 Å². The molecule has 2 aromatic rings. The number of hydrogen-bond donors (Lipinski definition) is 2. The van der Waals surface area contributed by atoms with Crippen LogP contribution in [0, 0.1) is 0 Å². The molecule has 0 fully saturated rings. The highest BCUT2D eigenvalue weighted by Crippen LogP contribution is 2.30. The zero-order valence-corrected chi connectivity index (χ0v) is 14.1. The maximum atomic E-state index is 12.3. The van der Waals surface area contributed by atoms with E-state index in [1.54, 1.807) is 0 Å². The highest BCUT2D eigenvalue weighted by molar-refractivity contribution is 7.93. The van der Waals surface area contributed by atoms with Crippen LogP contribution in [0.25, 0.3) is 0 Å². The predicted octanol–water partition coefficient (Wildman–Crippen LogP) is 2.76. The lowest BCUT2D eigenvalue weighted by Gasteiger charge is -2.11. The summed E-state index contributed by atoms with van der Waals surface area (Å²) < 4.78 is 27.0. The monoisotopic (exact) mass is 366 g/mol. The van der Waals surface area contributed by atoms with Crippen molar-refractivity contribution in [1.29, 1.82) is 0 Å². The van der Waals surface area contributed by atoms with Gasteiger partial charge < -0.3 is 5.32 Å². The summed E-state index contributed by atoms with van der Waals surface area (Å²) in [6.07, 6.45) is 0. The molecule has 6 nitrogen and oxygen atoms in total. The second kappa shape index (κ2) is 6.89. The van der Waals surface area contributed by atoms with Crippen LogP contribution in [0.2, 0.25) is 10.0 Å². The molecular weight excluding hydrogens is 355 g/mol. The fourth-order valence-corrected chi connectivity index (χ4v) is 4.12. The van der Waals surface area contributed by atoms with Crippen LogP contribution in [0.15, 0.2) is 22.5 Å². The molecule has 10 heteroatoms. The summed E-state index contributed by atoms with van der Waals surface area (Å²) in [5.74, 6) is 0. The van der Waals surface area contributed by atoms with Crippen LogP contribution in [0.3, 0.4) is 0 Å². The normalized spacial score (nSPS) is 11.6. The number of sulfonamides is 1. The van der Waals surface area contributed by atoms with Gasteiger partial charge in [-0.1, -0.05) is 41.5 Å². The van der Waals surface area contributed by atoms with E-state index in [-0.39, 0.29) is 15.0 Å². The summed E-state index contributed by atoms with van der Waals surface area (Å²) in [5, 5.41) is 10.9. The maximum Gasteiger partial charge on any atom is 0.265 e. The average molecular weight is 367 g/mol. The van der Waals surface area contributed by atoms with Crippen molar-refractivity contribution in [3.63, 3.8) is 0 Å². The zero-order valence-electron chi connectivity index (χ0n) is 10.9. The van der Waals surface area contributed by atoms with Crippen molar-refractivity contribution < 1.29 is 8.42 Å². The molecule has 1 heterocycles. The molecule has 0 aliphatic rings. The summed E-state index contributed by atoms with van der Waals surface area (Å²) in [4.78, 5) is -0.0448. The van der Waals surface area contributed by atoms with Crippen LogP contribution in [0.5, 0.6) is 0 Å². The highest BCUT2D eigenvalue weighted by Gasteiger charge is 2.21. The quantitative estimate of drug-likeness (QED) is 0.820. The molecule has 0 aliphatic carbocycles. The highest BCUT2D eigenvalue weighted by atomic mass is 35.5. The van der Waals surface area contributed by atoms with Crippen LogP contribution in [-0.4, -0.2) is 25.2 Å². The third-order valence-electron chi connectivity index (χ3n) is 2.54. The topological polar surface area (TPSA) is 84.0 Å². The van der Waals surface area contributed by atoms with Gasteiger partial charge in [0.05, 0.1) is 5.02 Å². The van der Waals surface area contributed by atoms with Crippen molar-refractivity contribution in [3.05, 3.63) is 33.3 Å². The summed E-state index contributed by atoms with van der Waals surface area (Å²) in [5.41, 5.74) is 2.08. The van der Waals surface area contributed by atoms with Gasteiger partial charge in [-0.2, -0.15) is 0 Å². The standard InChI is InChI=1S/C11H12Cl2N4O2S2/c1-2-14-5-7-3-10(9(13)4-8(7)12)21(18,19)17-11-16-15-6-20-11/h3-4,6,14H,2,5H2,1H3,(H,16,17). The van der Waals surface area contributed by atoms with Crippen molar-refractivity contribution >= 4 is 49.7 Å². The summed E-state index contributed by atoms with van der Waals surface area (Å²) in [6, 6.07) is 2.88. The molecule has 0 saturated carbocycles. The van der Waals surface area contributed by atoms with Gasteiger partial charge in [0.25, 0.3) is 10.0 Å². The number of anilines is 1. The molecule has 1 aromatic heterocycles. The van der Waals surface area contributed by atoms with E-state index in [0.29, 0.717) is 17.1 Å². The van der Waals surface area contributed by atoms with Gasteiger partial charge >= 0.3 is 0 Å². The van der Waals surface area contributed by atoms with Crippen molar-refractivity contribution in [2.24, 2.45) is 0 Å². The third kappa shape index (κ3) is 4.04. The van der Waals surface area contributed by atoms with Gasteiger partial charge in [-0.3, -0.25) is 4.72 Å². The fraction of sp³-hybridized carbons (Fsp3) is 0.273. The molecule has 2 N–H and O–H groups in total. The minimum Gasteiger partial charge on any atom is -0.313 e. The molecule has 1 aromatic carbocycles. The van der Waals surface area contributed by atoms with E-state index in [2.05, 4.69) is 20.2 Å². The van der Waals surface area contributed by atoms with Crippen LogP contribution in [-0.2, 0) is 16.6 Å². The molecule has 0 spiro atoms. The van der Waals surface area contributed by atoms with Crippen LogP contribution < -0.4 is 10.0 Å². The molecule has 0 bridgehead atoms. The van der Waals surface area contributed by atoms with Gasteiger partial charge in [-0.05, 0) is 24.2 Å². The molecule has 0 amide bonds. The van der Waals surface area contributed by atoms with Gasteiger partial charge in [0.2, 0.25) is 5.13 Å². The van der Waals surface area contributed by atoms with Crippen molar-refractivity contribution in [3.8, 4) is 0 Å². The summed E-state index contributed by atoms with van der Waals surface area (Å²) in [7, 11) is -3.84. The molecule has 114 valence electrons. The Morgan fingerprint density at radius 2 is 2.05 bits per heavy atom. The van der Waals surface area contributed by atoms with Gasteiger partial charge in [0.1, 0.15) is 10.4 Å². The Balaban J connectivity index is 2.37. The molecule has 0 unspecified atom stereocenters. The predicted molar refractivity (Wildman–Crippen MR) is 84.6 cm³/mol. The van der Waals surface area contributed by atoms with Crippen LogP contribution in [0.1, 0.15) is 12.5 Å². The first kappa shape index (κ1) is 16.4. The van der Waals surface area contributed by atoms with Crippen molar-refractivity contribution in [2.75, 3.05) is 11.3 Å². The van der Waals surface area contributed by atoms with E-state index in [1.165, 1.54) is 17.6 Å². The Morgan fingerprint density at radius 3 is 2.67 bits per heavy atom. The van der Waals surface area contributed by atoms with Crippen LogP contribution in [0.4, 0.5) is 5.13 Å². The maximum absolute atomic E-state index is 12.3. The number of aromatic nitrogens is 2. The average Bonchev–Trinajstić information content (AvgIpc) is 2.89. The second-order valence-electron chi connectivity index (χ2n) is 4.00. The minimum atomic E-state index is -3.84. The Kier molecular flexibility index (Phi) is 5.39. The molecular formula is C11H12Cl2N4O2S2. The number of hydrogen-bond acceptors (Lipinski definition) is 6. The summed E-state index contributed by atoms with van der Waals surface area (Å²) in [6.45, 7) is 3.14. The Hall–Kier alpha value is -0.930. The zero-order chi connectivity index (χ0) is 15.5.